The molecule has 1 aromatic carbocycles. The van der Waals surface area contributed by atoms with E-state index in [4.69, 9.17) is 4.74 Å². The van der Waals surface area contributed by atoms with Crippen molar-refractivity contribution in [1.82, 2.24) is 5.32 Å². The van der Waals surface area contributed by atoms with E-state index in [0.29, 0.717) is 18.5 Å². The first kappa shape index (κ1) is 18.2. The van der Waals surface area contributed by atoms with Gasteiger partial charge in [0.1, 0.15) is 6.61 Å². The summed E-state index contributed by atoms with van der Waals surface area (Å²) in [7, 11) is 0. The smallest absolute Gasteiger partial charge is 0.338 e. The zero-order valence-corrected chi connectivity index (χ0v) is 13.9. The van der Waals surface area contributed by atoms with Gasteiger partial charge in [-0.25, -0.2) is 4.79 Å². The molecule has 0 spiro atoms. The first-order chi connectivity index (χ1) is 10.5. The van der Waals surface area contributed by atoms with Gasteiger partial charge >= 0.3 is 5.97 Å². The summed E-state index contributed by atoms with van der Waals surface area (Å²) < 4.78 is 5.16. The number of rotatable bonds is 9. The van der Waals surface area contributed by atoms with Gasteiger partial charge in [-0.1, -0.05) is 32.3 Å². The minimum Gasteiger partial charge on any atom is -0.460 e. The van der Waals surface area contributed by atoms with Gasteiger partial charge < -0.3 is 10.1 Å². The van der Waals surface area contributed by atoms with Crippen LogP contribution in [-0.4, -0.2) is 25.0 Å². The molecule has 1 amide bonds. The number of benzene rings is 1. The molecule has 0 fully saturated rings. The van der Waals surface area contributed by atoms with Gasteiger partial charge in [0.05, 0.1) is 12.1 Å². The maximum atomic E-state index is 11.9. The molecule has 1 aromatic rings. The second-order valence-corrected chi connectivity index (χ2v) is 5.60. The van der Waals surface area contributed by atoms with Gasteiger partial charge in [0, 0.05) is 6.42 Å². The quantitative estimate of drug-likeness (QED) is 0.561. The molecule has 0 saturated heterocycles. The van der Waals surface area contributed by atoms with Crippen LogP contribution in [0.1, 0.15) is 60.5 Å². The summed E-state index contributed by atoms with van der Waals surface area (Å²) in [5, 5.41) is 2.77. The van der Waals surface area contributed by atoms with Crippen LogP contribution in [-0.2, 0) is 9.53 Å². The highest BCUT2D eigenvalue weighted by atomic mass is 16.5. The van der Waals surface area contributed by atoms with Crippen LogP contribution < -0.4 is 5.32 Å². The lowest BCUT2D eigenvalue weighted by molar-refractivity contribution is -0.121. The van der Waals surface area contributed by atoms with E-state index >= 15 is 0 Å². The molecule has 0 bridgehead atoms. The summed E-state index contributed by atoms with van der Waals surface area (Å²) in [6, 6.07) is 5.49. The van der Waals surface area contributed by atoms with Crippen LogP contribution >= 0.6 is 0 Å². The van der Waals surface area contributed by atoms with E-state index in [1.807, 2.05) is 26.0 Å². The molecule has 0 aliphatic heterocycles. The Bertz CT molecular complexity index is 497. The van der Waals surface area contributed by atoms with Crippen LogP contribution in [0.5, 0.6) is 0 Å². The summed E-state index contributed by atoms with van der Waals surface area (Å²) in [4.78, 5) is 23.4. The summed E-state index contributed by atoms with van der Waals surface area (Å²) in [5.41, 5.74) is 2.76. The molecule has 1 rings (SSSR count). The van der Waals surface area contributed by atoms with Gasteiger partial charge in [-0.05, 0) is 43.5 Å². The number of carbonyl (C=O) groups excluding carboxylic acids is 2. The van der Waals surface area contributed by atoms with Crippen LogP contribution in [0.4, 0.5) is 0 Å². The summed E-state index contributed by atoms with van der Waals surface area (Å²) in [6.07, 6.45) is 4.88. The molecule has 1 N–H and O–H groups in total. The molecule has 4 heteroatoms. The van der Waals surface area contributed by atoms with Crippen molar-refractivity contribution in [2.24, 2.45) is 0 Å². The zero-order chi connectivity index (χ0) is 16.4. The van der Waals surface area contributed by atoms with Gasteiger partial charge in [-0.3, -0.25) is 4.79 Å². The predicted octanol–water partition coefficient (Wildman–Crippen LogP) is 3.55. The molecule has 0 aliphatic rings. The minimum absolute atomic E-state index is 0.0262. The van der Waals surface area contributed by atoms with Crippen molar-refractivity contribution < 1.29 is 14.3 Å². The molecule has 122 valence electrons. The number of ether oxygens (including phenoxy) is 1. The maximum Gasteiger partial charge on any atom is 0.338 e. The van der Waals surface area contributed by atoms with Crippen LogP contribution in [0.2, 0.25) is 0 Å². The summed E-state index contributed by atoms with van der Waals surface area (Å²) in [6.45, 7) is 6.67. The fourth-order valence-corrected chi connectivity index (χ4v) is 2.09. The van der Waals surface area contributed by atoms with E-state index in [0.717, 1.165) is 30.4 Å². The van der Waals surface area contributed by atoms with Crippen molar-refractivity contribution in [3.05, 3.63) is 34.9 Å². The van der Waals surface area contributed by atoms with Gasteiger partial charge in [0.2, 0.25) is 5.91 Å². The zero-order valence-electron chi connectivity index (χ0n) is 13.9. The Morgan fingerprint density at radius 1 is 1.09 bits per heavy atom. The van der Waals surface area contributed by atoms with Crippen molar-refractivity contribution in [2.75, 3.05) is 13.2 Å². The largest absolute Gasteiger partial charge is 0.460 e. The minimum atomic E-state index is -0.347. The van der Waals surface area contributed by atoms with Crippen molar-refractivity contribution in [3.63, 3.8) is 0 Å². The Labute approximate surface area is 133 Å². The van der Waals surface area contributed by atoms with Gasteiger partial charge in [0.15, 0.2) is 0 Å². The highest BCUT2D eigenvalue weighted by Crippen LogP contribution is 2.10. The number of hydrogen-bond acceptors (Lipinski definition) is 3. The summed E-state index contributed by atoms with van der Waals surface area (Å²) in [5.74, 6) is -0.321. The maximum absolute atomic E-state index is 11.9. The average molecular weight is 305 g/mol. The van der Waals surface area contributed by atoms with E-state index in [9.17, 15) is 9.59 Å². The number of amides is 1. The summed E-state index contributed by atoms with van der Waals surface area (Å²) >= 11 is 0. The van der Waals surface area contributed by atoms with Gasteiger partial charge in [-0.15, -0.1) is 0 Å². The standard InChI is InChI=1S/C18H27NO3/c1-4-5-6-7-8-17(20)19-11-12-22-18(21)16-10-9-14(2)15(3)13-16/h9-10,13H,4-8,11-12H2,1-3H3,(H,19,20). The van der Waals surface area contributed by atoms with E-state index in [-0.39, 0.29) is 18.5 Å². The van der Waals surface area contributed by atoms with Gasteiger partial charge in [0.25, 0.3) is 0 Å². The fourth-order valence-electron chi connectivity index (χ4n) is 2.09. The molecule has 0 atom stereocenters. The van der Waals surface area contributed by atoms with Crippen LogP contribution in [0, 0.1) is 13.8 Å². The first-order valence-corrected chi connectivity index (χ1v) is 8.05. The van der Waals surface area contributed by atoms with Crippen LogP contribution in [0.15, 0.2) is 18.2 Å². The molecule has 0 heterocycles. The predicted molar refractivity (Wildman–Crippen MR) is 88.0 cm³/mol. The molecular weight excluding hydrogens is 278 g/mol. The molecule has 4 nitrogen and oxygen atoms in total. The highest BCUT2D eigenvalue weighted by Gasteiger charge is 2.08. The highest BCUT2D eigenvalue weighted by molar-refractivity contribution is 5.89. The number of nitrogens with one attached hydrogen (secondary N) is 1. The lowest BCUT2D eigenvalue weighted by Crippen LogP contribution is -2.27. The van der Waals surface area contributed by atoms with Crippen molar-refractivity contribution in [2.45, 2.75) is 52.9 Å². The monoisotopic (exact) mass is 305 g/mol. The molecule has 0 radical (unpaired) electrons. The van der Waals surface area contributed by atoms with Crippen molar-refractivity contribution in [1.29, 1.82) is 0 Å². The number of hydrogen-bond donors (Lipinski definition) is 1. The molecule has 0 aromatic heterocycles. The first-order valence-electron chi connectivity index (χ1n) is 8.05. The fraction of sp³-hybridized carbons (Fsp3) is 0.556. The Morgan fingerprint density at radius 3 is 2.55 bits per heavy atom. The number of aryl methyl sites for hydroxylation is 2. The molecule has 22 heavy (non-hydrogen) atoms. The van der Waals surface area contributed by atoms with Crippen LogP contribution in [0.25, 0.3) is 0 Å². The SMILES string of the molecule is CCCCCCC(=O)NCCOC(=O)c1ccc(C)c(C)c1. The van der Waals surface area contributed by atoms with Crippen LogP contribution in [0.3, 0.4) is 0 Å². The van der Waals surface area contributed by atoms with E-state index in [2.05, 4.69) is 12.2 Å². The topological polar surface area (TPSA) is 55.4 Å². The molecule has 0 saturated carbocycles. The van der Waals surface area contributed by atoms with Crippen molar-refractivity contribution in [3.8, 4) is 0 Å². The van der Waals surface area contributed by atoms with E-state index in [1.54, 1.807) is 6.07 Å². The lowest BCUT2D eigenvalue weighted by atomic mass is 10.1. The number of unbranched alkanes of at least 4 members (excludes halogenated alkanes) is 3. The third-order valence-corrected chi connectivity index (χ3v) is 3.66. The second kappa shape index (κ2) is 9.98. The number of carbonyl (C=O) groups is 2. The van der Waals surface area contributed by atoms with E-state index < -0.39 is 0 Å². The lowest BCUT2D eigenvalue weighted by Gasteiger charge is -2.08. The molecule has 0 aliphatic carbocycles. The Morgan fingerprint density at radius 2 is 1.86 bits per heavy atom. The Hall–Kier alpha value is -1.84. The van der Waals surface area contributed by atoms with Gasteiger partial charge in [-0.2, -0.15) is 0 Å². The normalized spacial score (nSPS) is 10.3. The Kier molecular flexibility index (Phi) is 8.26. The second-order valence-electron chi connectivity index (χ2n) is 5.60. The Balaban J connectivity index is 2.19. The molecule has 0 unspecified atom stereocenters. The van der Waals surface area contributed by atoms with Crippen molar-refractivity contribution >= 4 is 11.9 Å². The average Bonchev–Trinajstić information content (AvgIpc) is 2.50. The van der Waals surface area contributed by atoms with E-state index in [1.165, 1.54) is 6.42 Å². The number of esters is 1. The third-order valence-electron chi connectivity index (χ3n) is 3.66. The third kappa shape index (κ3) is 6.74. The molecular formula is C18H27NO3.